The van der Waals surface area contributed by atoms with E-state index in [0.717, 1.165) is 98.8 Å². The number of rotatable bonds is 7. The van der Waals surface area contributed by atoms with Gasteiger partial charge >= 0.3 is 0 Å². The summed E-state index contributed by atoms with van der Waals surface area (Å²) in [6.07, 6.45) is 13.0. The first-order valence-corrected chi connectivity index (χ1v) is 13.6. The van der Waals surface area contributed by atoms with Crippen LogP contribution in [0.1, 0.15) is 54.6 Å². The summed E-state index contributed by atoms with van der Waals surface area (Å²) in [6, 6.07) is 8.95. The number of allylic oxidation sites excluding steroid dienone is 4. The summed E-state index contributed by atoms with van der Waals surface area (Å²) in [7, 11) is 1.72. The zero-order chi connectivity index (χ0) is 25.8. The molecule has 1 N–H and O–H groups in total. The Hall–Kier alpha value is -3.25. The number of fused-ring (bicyclic) bond motifs is 1. The number of nitrogens with one attached hydrogen (secondary N) is 1. The average molecular weight is 501 g/mol. The molecule has 0 radical (unpaired) electrons. The van der Waals surface area contributed by atoms with Gasteiger partial charge in [0.2, 0.25) is 0 Å². The average Bonchev–Trinajstić information content (AvgIpc) is 3.33. The fraction of sp³-hybridized carbons (Fsp3) is 0.452. The summed E-state index contributed by atoms with van der Waals surface area (Å²) in [4.78, 5) is 2.42. The Morgan fingerprint density at radius 2 is 1.89 bits per heavy atom. The Kier molecular flexibility index (Phi) is 7.85. The zero-order valence-electron chi connectivity index (χ0n) is 22.3. The van der Waals surface area contributed by atoms with Crippen LogP contribution in [0.25, 0.3) is 11.4 Å². The summed E-state index contributed by atoms with van der Waals surface area (Å²) in [6.45, 7) is 14.5. The van der Waals surface area contributed by atoms with Gasteiger partial charge < -0.3 is 19.7 Å². The van der Waals surface area contributed by atoms with Gasteiger partial charge in [-0.2, -0.15) is 5.10 Å². The van der Waals surface area contributed by atoms with Gasteiger partial charge in [0.1, 0.15) is 11.4 Å². The van der Waals surface area contributed by atoms with Crippen LogP contribution >= 0.6 is 0 Å². The van der Waals surface area contributed by atoms with Crippen LogP contribution < -0.4 is 10.1 Å². The molecule has 37 heavy (non-hydrogen) atoms. The number of aromatic nitrogens is 2. The number of methoxy groups -OCH3 is 1. The second-order valence-corrected chi connectivity index (χ2v) is 10.4. The van der Waals surface area contributed by atoms with E-state index in [9.17, 15) is 0 Å². The molecule has 0 unspecified atom stereocenters. The van der Waals surface area contributed by atoms with E-state index in [0.29, 0.717) is 12.0 Å². The molecule has 1 saturated heterocycles. The van der Waals surface area contributed by atoms with E-state index in [-0.39, 0.29) is 0 Å². The van der Waals surface area contributed by atoms with E-state index in [2.05, 4.69) is 77.5 Å². The van der Waals surface area contributed by atoms with Crippen molar-refractivity contribution in [1.82, 2.24) is 20.0 Å². The van der Waals surface area contributed by atoms with Crippen molar-refractivity contribution in [2.45, 2.75) is 51.5 Å². The zero-order valence-corrected chi connectivity index (χ0v) is 22.3. The first-order chi connectivity index (χ1) is 18.0. The van der Waals surface area contributed by atoms with Crippen molar-refractivity contribution in [3.63, 3.8) is 0 Å². The SMILES string of the molecule is C=C(NC1CCC(C(=C)N2CCOCC2)CC1)c1cc2n(n1)/C(c1ccc(C)c(OC)c1)=C\C=C/CC2. The summed E-state index contributed by atoms with van der Waals surface area (Å²) >= 11 is 0. The number of hydrogen-bond acceptors (Lipinski definition) is 5. The molecule has 3 aliphatic rings. The molecule has 6 nitrogen and oxygen atoms in total. The maximum atomic E-state index is 5.59. The molecule has 1 aromatic carbocycles. The van der Waals surface area contributed by atoms with Crippen LogP contribution in [0, 0.1) is 12.8 Å². The lowest BCUT2D eigenvalue weighted by Crippen LogP contribution is -2.39. The van der Waals surface area contributed by atoms with E-state index < -0.39 is 0 Å². The lowest BCUT2D eigenvalue weighted by Gasteiger charge is -2.38. The second kappa shape index (κ2) is 11.4. The third-order valence-electron chi connectivity index (χ3n) is 7.98. The van der Waals surface area contributed by atoms with Crippen molar-refractivity contribution in [2.75, 3.05) is 33.4 Å². The number of hydrogen-bond donors (Lipinski definition) is 1. The Morgan fingerprint density at radius 1 is 1.11 bits per heavy atom. The molecular formula is C31H40N4O2. The fourth-order valence-corrected chi connectivity index (χ4v) is 5.71. The number of nitrogens with zero attached hydrogens (tertiary/aromatic N) is 3. The minimum Gasteiger partial charge on any atom is -0.496 e. The maximum Gasteiger partial charge on any atom is 0.122 e. The standard InChI is InChI=1S/C31H40N4O2/c1-22-10-11-26(20-31(22)36-4)30-9-7-5-6-8-28-21-29(33-35(28)30)23(2)32-27-14-12-25(13-15-27)24(3)34-16-18-37-19-17-34/h5,7,9-11,20-21,25,27,32H,2-3,6,8,12-19H2,1,4H3/b7-5-,30-9-. The van der Waals surface area contributed by atoms with Gasteiger partial charge in [0.25, 0.3) is 0 Å². The predicted octanol–water partition coefficient (Wildman–Crippen LogP) is 5.56. The van der Waals surface area contributed by atoms with Crippen LogP contribution in [0.5, 0.6) is 5.75 Å². The number of ether oxygens (including phenoxy) is 2. The van der Waals surface area contributed by atoms with Gasteiger partial charge in [0.05, 0.1) is 31.7 Å². The molecule has 6 heteroatoms. The molecule has 1 aliphatic carbocycles. The molecule has 196 valence electrons. The first kappa shape index (κ1) is 25.4. The molecular weight excluding hydrogens is 460 g/mol. The minimum absolute atomic E-state index is 0.420. The molecule has 5 rings (SSSR count). The van der Waals surface area contributed by atoms with E-state index in [4.69, 9.17) is 14.6 Å². The van der Waals surface area contributed by atoms with E-state index in [1.807, 2.05) is 0 Å². The molecule has 3 heterocycles. The van der Waals surface area contributed by atoms with E-state index >= 15 is 0 Å². The second-order valence-electron chi connectivity index (χ2n) is 10.4. The van der Waals surface area contributed by atoms with Gasteiger partial charge in [-0.25, -0.2) is 4.68 Å². The fourth-order valence-electron chi connectivity index (χ4n) is 5.71. The van der Waals surface area contributed by atoms with Gasteiger partial charge in [-0.05, 0) is 75.1 Å². The summed E-state index contributed by atoms with van der Waals surface area (Å²) in [5.41, 5.74) is 7.57. The molecule has 2 aliphatic heterocycles. The molecule has 0 atom stereocenters. The number of morpholine rings is 1. The van der Waals surface area contributed by atoms with Crippen molar-refractivity contribution in [1.29, 1.82) is 0 Å². The minimum atomic E-state index is 0.420. The Balaban J connectivity index is 1.27. The highest BCUT2D eigenvalue weighted by Gasteiger charge is 2.27. The van der Waals surface area contributed by atoms with Crippen LogP contribution in [-0.4, -0.2) is 54.1 Å². The van der Waals surface area contributed by atoms with Crippen LogP contribution in [0.15, 0.2) is 61.3 Å². The van der Waals surface area contributed by atoms with Gasteiger partial charge in [-0.15, -0.1) is 0 Å². The third kappa shape index (κ3) is 5.69. The molecule has 0 spiro atoms. The molecule has 0 bridgehead atoms. The van der Waals surface area contributed by atoms with Crippen molar-refractivity contribution >= 4 is 11.4 Å². The van der Waals surface area contributed by atoms with Gasteiger partial charge in [0.15, 0.2) is 0 Å². The Bertz CT molecular complexity index is 1190. The van der Waals surface area contributed by atoms with Crippen LogP contribution in [0.3, 0.4) is 0 Å². The first-order valence-electron chi connectivity index (χ1n) is 13.6. The van der Waals surface area contributed by atoms with E-state index in [1.165, 1.54) is 11.4 Å². The molecule has 2 fully saturated rings. The monoisotopic (exact) mass is 500 g/mol. The highest BCUT2D eigenvalue weighted by molar-refractivity contribution is 5.70. The summed E-state index contributed by atoms with van der Waals surface area (Å²) in [5, 5.41) is 8.74. The highest BCUT2D eigenvalue weighted by atomic mass is 16.5. The molecule has 1 saturated carbocycles. The van der Waals surface area contributed by atoms with Crippen LogP contribution in [0.4, 0.5) is 0 Å². The lowest BCUT2D eigenvalue weighted by atomic mass is 9.83. The number of benzene rings is 1. The molecule has 1 aromatic heterocycles. The molecule has 2 aromatic rings. The van der Waals surface area contributed by atoms with Crippen LogP contribution in [-0.2, 0) is 11.2 Å². The highest BCUT2D eigenvalue weighted by Crippen LogP contribution is 2.33. The summed E-state index contributed by atoms with van der Waals surface area (Å²) in [5.74, 6) is 1.46. The van der Waals surface area contributed by atoms with Gasteiger partial charge in [0, 0.05) is 36.1 Å². The maximum absolute atomic E-state index is 5.59. The Labute approximate surface area is 221 Å². The lowest BCUT2D eigenvalue weighted by molar-refractivity contribution is 0.0468. The van der Waals surface area contributed by atoms with Crippen molar-refractivity contribution in [3.8, 4) is 5.75 Å². The van der Waals surface area contributed by atoms with E-state index in [1.54, 1.807) is 7.11 Å². The van der Waals surface area contributed by atoms with Crippen molar-refractivity contribution in [2.24, 2.45) is 5.92 Å². The van der Waals surface area contributed by atoms with Crippen LogP contribution in [0.2, 0.25) is 0 Å². The quantitative estimate of drug-likeness (QED) is 0.540. The number of aryl methyl sites for hydroxylation is 2. The topological polar surface area (TPSA) is 51.5 Å². The normalized spacial score (nSPS) is 24.2. The largest absolute Gasteiger partial charge is 0.496 e. The smallest absolute Gasteiger partial charge is 0.122 e. The van der Waals surface area contributed by atoms with Crippen molar-refractivity contribution in [3.05, 3.63) is 83.9 Å². The third-order valence-corrected chi connectivity index (χ3v) is 7.98. The van der Waals surface area contributed by atoms with Gasteiger partial charge in [-0.1, -0.05) is 37.4 Å². The summed E-state index contributed by atoms with van der Waals surface area (Å²) < 4.78 is 13.2. The van der Waals surface area contributed by atoms with Gasteiger partial charge in [-0.3, -0.25) is 0 Å². The predicted molar refractivity (Wildman–Crippen MR) is 150 cm³/mol. The van der Waals surface area contributed by atoms with Crippen molar-refractivity contribution < 1.29 is 9.47 Å². The molecule has 0 amide bonds. The Morgan fingerprint density at radius 3 is 2.65 bits per heavy atom.